The Morgan fingerprint density at radius 1 is 0.577 bits per heavy atom. The highest BCUT2D eigenvalue weighted by molar-refractivity contribution is 5.67. The zero-order chi connectivity index (χ0) is 38.2. The van der Waals surface area contributed by atoms with Crippen molar-refractivity contribution in [2.75, 3.05) is 33.3 Å². The van der Waals surface area contributed by atoms with Crippen molar-refractivity contribution >= 4 is 6.09 Å². The predicted molar refractivity (Wildman–Crippen MR) is 229 cm³/mol. The van der Waals surface area contributed by atoms with Crippen LogP contribution in [0.1, 0.15) is 202 Å². The van der Waals surface area contributed by atoms with E-state index in [1.807, 2.05) is 20.8 Å². The summed E-state index contributed by atoms with van der Waals surface area (Å²) in [5.41, 5.74) is -0.469. The molecule has 0 bridgehead atoms. The number of carbonyl (C=O) groups is 1. The number of amides is 1. The van der Waals surface area contributed by atoms with Crippen LogP contribution < -0.4 is 5.32 Å². The van der Waals surface area contributed by atoms with Gasteiger partial charge < -0.3 is 19.7 Å². The van der Waals surface area contributed by atoms with Crippen molar-refractivity contribution in [3.8, 4) is 0 Å². The van der Waals surface area contributed by atoms with Gasteiger partial charge in [-0.1, -0.05) is 152 Å². The quantitative estimate of drug-likeness (QED) is 0.0511. The molecule has 0 heterocycles. The van der Waals surface area contributed by atoms with Gasteiger partial charge in [0.05, 0.1) is 12.7 Å². The number of carbonyl (C=O) groups excluding carboxylic acids is 1. The van der Waals surface area contributed by atoms with E-state index < -0.39 is 5.60 Å². The van der Waals surface area contributed by atoms with Gasteiger partial charge in [-0.25, -0.2) is 4.79 Å². The van der Waals surface area contributed by atoms with Gasteiger partial charge in [0.1, 0.15) is 5.60 Å². The van der Waals surface area contributed by atoms with Crippen LogP contribution in [-0.4, -0.2) is 56.0 Å². The molecule has 0 aliphatic heterocycles. The zero-order valence-corrected chi connectivity index (χ0v) is 35.6. The van der Waals surface area contributed by atoms with Crippen molar-refractivity contribution in [3.63, 3.8) is 0 Å². The molecule has 0 aliphatic carbocycles. The third-order valence-electron chi connectivity index (χ3n) is 9.44. The molecule has 5 heteroatoms. The fourth-order valence-corrected chi connectivity index (χ4v) is 6.18. The van der Waals surface area contributed by atoms with Gasteiger partial charge in [-0.05, 0) is 105 Å². The monoisotopic (exact) mass is 729 g/mol. The van der Waals surface area contributed by atoms with Crippen LogP contribution in [0.2, 0.25) is 0 Å². The first kappa shape index (κ1) is 50.1. The minimum absolute atomic E-state index is 0.348. The second kappa shape index (κ2) is 38.9. The Kier molecular flexibility index (Phi) is 37.5. The molecule has 0 unspecified atom stereocenters. The fourth-order valence-electron chi connectivity index (χ4n) is 6.18. The summed E-state index contributed by atoms with van der Waals surface area (Å²) < 4.78 is 11.8. The molecule has 0 rings (SSSR count). The number of unbranched alkanes of at least 4 members (excludes halogenated alkanes) is 18. The molecule has 0 aromatic rings. The van der Waals surface area contributed by atoms with E-state index >= 15 is 0 Å². The SMILES string of the molecule is CCCCC/C=C\C/C=C\CCCCCCCCC(CCCCCCCC/C=C\C/C=C\CCCCC)OCCN(C)CCNC(=O)OC(C)(C)C. The highest BCUT2D eigenvalue weighted by Crippen LogP contribution is 2.18. The summed E-state index contributed by atoms with van der Waals surface area (Å²) in [4.78, 5) is 14.2. The maximum Gasteiger partial charge on any atom is 0.407 e. The van der Waals surface area contributed by atoms with E-state index in [2.05, 4.69) is 79.7 Å². The lowest BCUT2D eigenvalue weighted by molar-refractivity contribution is 0.0275. The number of likely N-dealkylation sites (N-methyl/N-ethyl adjacent to an activating group) is 1. The standard InChI is InChI=1S/C47H88N2O3/c1-7-9-11-13-15-17-19-21-23-25-27-29-31-33-35-37-39-45(51-44-43-49(6)42-41-48-46(50)52-47(3,4)5)40-38-36-34-32-30-28-26-24-22-20-18-16-14-12-10-8-2/h15-18,21-24,45H,7-14,19-20,25-44H2,1-6H3,(H,48,50)/b17-15-,18-16-,23-21-,24-22-. The van der Waals surface area contributed by atoms with Crippen LogP contribution in [0.4, 0.5) is 4.79 Å². The maximum absolute atomic E-state index is 11.9. The summed E-state index contributed by atoms with van der Waals surface area (Å²) in [6.07, 6.45) is 52.1. The van der Waals surface area contributed by atoms with Gasteiger partial charge in [0.2, 0.25) is 0 Å². The van der Waals surface area contributed by atoms with Gasteiger partial charge in [-0.15, -0.1) is 0 Å². The zero-order valence-electron chi connectivity index (χ0n) is 35.6. The summed E-state index contributed by atoms with van der Waals surface area (Å²) >= 11 is 0. The third kappa shape index (κ3) is 40.9. The van der Waals surface area contributed by atoms with Gasteiger partial charge in [0, 0.05) is 19.6 Å². The van der Waals surface area contributed by atoms with Crippen molar-refractivity contribution in [1.29, 1.82) is 0 Å². The number of nitrogens with one attached hydrogen (secondary N) is 1. The molecule has 1 amide bonds. The van der Waals surface area contributed by atoms with E-state index in [1.54, 1.807) is 0 Å². The molecule has 52 heavy (non-hydrogen) atoms. The van der Waals surface area contributed by atoms with Gasteiger partial charge in [-0.3, -0.25) is 0 Å². The van der Waals surface area contributed by atoms with Crippen molar-refractivity contribution < 1.29 is 14.3 Å². The molecular formula is C47H88N2O3. The van der Waals surface area contributed by atoms with Gasteiger partial charge in [0.25, 0.3) is 0 Å². The average molecular weight is 729 g/mol. The number of allylic oxidation sites excluding steroid dienone is 8. The topological polar surface area (TPSA) is 50.8 Å². The lowest BCUT2D eigenvalue weighted by Gasteiger charge is -2.22. The van der Waals surface area contributed by atoms with E-state index in [0.29, 0.717) is 12.6 Å². The van der Waals surface area contributed by atoms with Gasteiger partial charge in [-0.2, -0.15) is 0 Å². The molecule has 0 aliphatic rings. The van der Waals surface area contributed by atoms with Crippen molar-refractivity contribution in [3.05, 3.63) is 48.6 Å². The van der Waals surface area contributed by atoms with Crippen LogP contribution in [0, 0.1) is 0 Å². The van der Waals surface area contributed by atoms with Crippen LogP contribution in [0.25, 0.3) is 0 Å². The maximum atomic E-state index is 11.9. The van der Waals surface area contributed by atoms with Crippen molar-refractivity contribution in [1.82, 2.24) is 10.2 Å². The molecule has 0 spiro atoms. The Morgan fingerprint density at radius 2 is 0.981 bits per heavy atom. The van der Waals surface area contributed by atoms with Crippen LogP contribution in [0.15, 0.2) is 48.6 Å². The number of rotatable bonds is 37. The smallest absolute Gasteiger partial charge is 0.407 e. The van der Waals surface area contributed by atoms with Crippen LogP contribution in [0.3, 0.4) is 0 Å². The Hall–Kier alpha value is -1.85. The summed E-state index contributed by atoms with van der Waals surface area (Å²) in [7, 11) is 2.10. The Labute approximate surface area is 324 Å². The predicted octanol–water partition coefficient (Wildman–Crippen LogP) is 14.2. The third-order valence-corrected chi connectivity index (χ3v) is 9.44. The first-order valence-corrected chi connectivity index (χ1v) is 22.2. The normalized spacial score (nSPS) is 12.6. The molecule has 304 valence electrons. The summed E-state index contributed by atoms with van der Waals surface area (Å²) in [5, 5.41) is 2.86. The minimum atomic E-state index is -0.469. The Morgan fingerprint density at radius 3 is 1.40 bits per heavy atom. The first-order chi connectivity index (χ1) is 25.3. The average Bonchev–Trinajstić information content (AvgIpc) is 3.10. The molecule has 5 nitrogen and oxygen atoms in total. The van der Waals surface area contributed by atoms with E-state index in [1.165, 1.54) is 154 Å². The first-order valence-electron chi connectivity index (χ1n) is 22.2. The molecule has 0 aromatic carbocycles. The van der Waals surface area contributed by atoms with Crippen molar-refractivity contribution in [2.45, 2.75) is 213 Å². The fraction of sp³-hybridized carbons (Fsp3) is 0.809. The molecule has 0 fully saturated rings. The summed E-state index contributed by atoms with van der Waals surface area (Å²) in [5.74, 6) is 0. The second-order valence-corrected chi connectivity index (χ2v) is 16.0. The molecular weight excluding hydrogens is 641 g/mol. The second-order valence-electron chi connectivity index (χ2n) is 16.0. The summed E-state index contributed by atoms with van der Waals surface area (Å²) in [6.45, 7) is 13.2. The Bertz CT molecular complexity index is 824. The highest BCUT2D eigenvalue weighted by Gasteiger charge is 2.16. The van der Waals surface area contributed by atoms with Gasteiger partial charge >= 0.3 is 6.09 Å². The van der Waals surface area contributed by atoms with Crippen LogP contribution >= 0.6 is 0 Å². The number of alkyl carbamates (subject to hydrolysis) is 1. The summed E-state index contributed by atoms with van der Waals surface area (Å²) in [6, 6.07) is 0. The number of ether oxygens (including phenoxy) is 2. The number of hydrogen-bond donors (Lipinski definition) is 1. The lowest BCUT2D eigenvalue weighted by atomic mass is 10.0. The number of nitrogens with zero attached hydrogens (tertiary/aromatic N) is 1. The molecule has 0 aromatic heterocycles. The van der Waals surface area contributed by atoms with E-state index in [0.717, 1.165) is 32.5 Å². The highest BCUT2D eigenvalue weighted by atomic mass is 16.6. The molecule has 0 radical (unpaired) electrons. The van der Waals surface area contributed by atoms with Gasteiger partial charge in [0.15, 0.2) is 0 Å². The van der Waals surface area contributed by atoms with E-state index in [9.17, 15) is 4.79 Å². The molecule has 0 saturated carbocycles. The van der Waals surface area contributed by atoms with Crippen LogP contribution in [0.5, 0.6) is 0 Å². The molecule has 1 N–H and O–H groups in total. The molecule has 0 atom stereocenters. The van der Waals surface area contributed by atoms with E-state index in [-0.39, 0.29) is 6.09 Å². The lowest BCUT2D eigenvalue weighted by Crippen LogP contribution is -2.37. The number of hydrogen-bond acceptors (Lipinski definition) is 4. The van der Waals surface area contributed by atoms with Crippen molar-refractivity contribution in [2.24, 2.45) is 0 Å². The largest absolute Gasteiger partial charge is 0.444 e. The minimum Gasteiger partial charge on any atom is -0.444 e. The van der Waals surface area contributed by atoms with Crippen LogP contribution in [-0.2, 0) is 9.47 Å². The van der Waals surface area contributed by atoms with E-state index in [4.69, 9.17) is 9.47 Å². The molecule has 0 saturated heterocycles. The Balaban J connectivity index is 4.24.